The lowest BCUT2D eigenvalue weighted by Crippen LogP contribution is -2.25. The number of hydrogen-bond acceptors (Lipinski definition) is 3. The van der Waals surface area contributed by atoms with Crippen molar-refractivity contribution in [2.45, 2.75) is 38.5 Å². The van der Waals surface area contributed by atoms with Gasteiger partial charge in [-0.2, -0.15) is 0 Å². The van der Waals surface area contributed by atoms with Crippen molar-refractivity contribution in [2.24, 2.45) is 5.92 Å². The van der Waals surface area contributed by atoms with E-state index in [2.05, 4.69) is 21.2 Å². The van der Waals surface area contributed by atoms with Gasteiger partial charge < -0.3 is 5.32 Å². The van der Waals surface area contributed by atoms with E-state index >= 15 is 0 Å². The summed E-state index contributed by atoms with van der Waals surface area (Å²) in [5.41, 5.74) is 0.221. The molecule has 0 heterocycles. The summed E-state index contributed by atoms with van der Waals surface area (Å²) < 4.78 is 0.239. The van der Waals surface area contributed by atoms with Crippen molar-refractivity contribution in [1.82, 2.24) is 5.32 Å². The summed E-state index contributed by atoms with van der Waals surface area (Å²) in [7, 11) is 0. The molecule has 0 spiro atoms. The first-order valence-electron chi connectivity index (χ1n) is 7.30. The summed E-state index contributed by atoms with van der Waals surface area (Å²) in [6.45, 7) is 0.616. The Morgan fingerprint density at radius 3 is 2.76 bits per heavy atom. The van der Waals surface area contributed by atoms with E-state index in [1.807, 2.05) is 0 Å². The van der Waals surface area contributed by atoms with Crippen LogP contribution in [0.4, 0.5) is 5.69 Å². The number of rotatable bonds is 6. The lowest BCUT2D eigenvalue weighted by molar-refractivity contribution is -0.385. The third-order valence-electron chi connectivity index (χ3n) is 3.97. The SMILES string of the molecule is O=C(NCCCC1CCCC1)c1cccc([N+](=O)[O-])c1Br. The van der Waals surface area contributed by atoms with E-state index in [1.54, 1.807) is 6.07 Å². The summed E-state index contributed by atoms with van der Waals surface area (Å²) in [5, 5.41) is 13.7. The maximum atomic E-state index is 12.1. The highest BCUT2D eigenvalue weighted by molar-refractivity contribution is 9.10. The maximum absolute atomic E-state index is 12.1. The number of hydrogen-bond donors (Lipinski definition) is 1. The molecule has 0 unspecified atom stereocenters. The monoisotopic (exact) mass is 354 g/mol. The molecule has 1 aromatic carbocycles. The molecule has 0 aromatic heterocycles. The summed E-state index contributed by atoms with van der Waals surface area (Å²) in [6.07, 6.45) is 7.39. The third-order valence-corrected chi connectivity index (χ3v) is 4.80. The Hall–Kier alpha value is -1.43. The first-order chi connectivity index (χ1) is 10.1. The Bertz CT molecular complexity index is 528. The second-order valence-electron chi connectivity index (χ2n) is 5.44. The van der Waals surface area contributed by atoms with Crippen LogP contribution in [0.2, 0.25) is 0 Å². The fourth-order valence-corrected chi connectivity index (χ4v) is 3.41. The van der Waals surface area contributed by atoms with E-state index in [0.29, 0.717) is 12.1 Å². The van der Waals surface area contributed by atoms with Crippen molar-refractivity contribution in [3.8, 4) is 0 Å². The summed E-state index contributed by atoms with van der Waals surface area (Å²) in [5.74, 6) is 0.545. The molecule has 1 saturated carbocycles. The quantitative estimate of drug-likeness (QED) is 0.475. The van der Waals surface area contributed by atoms with Crippen molar-refractivity contribution in [3.05, 3.63) is 38.3 Å². The van der Waals surface area contributed by atoms with Gasteiger partial charge in [-0.1, -0.05) is 31.7 Å². The van der Waals surface area contributed by atoms with Crippen molar-refractivity contribution >= 4 is 27.5 Å². The molecule has 0 atom stereocenters. The molecule has 5 nitrogen and oxygen atoms in total. The average molecular weight is 355 g/mol. The zero-order valence-electron chi connectivity index (χ0n) is 11.8. The smallest absolute Gasteiger partial charge is 0.284 e. The Morgan fingerprint density at radius 2 is 2.10 bits per heavy atom. The molecule has 0 aliphatic heterocycles. The van der Waals surface area contributed by atoms with Gasteiger partial charge in [0, 0.05) is 12.6 Å². The van der Waals surface area contributed by atoms with E-state index < -0.39 is 4.92 Å². The van der Waals surface area contributed by atoms with Gasteiger partial charge in [0.2, 0.25) is 0 Å². The Kier molecular flexibility index (Phi) is 5.73. The van der Waals surface area contributed by atoms with Gasteiger partial charge in [-0.25, -0.2) is 0 Å². The Labute approximate surface area is 132 Å². The third kappa shape index (κ3) is 4.27. The maximum Gasteiger partial charge on any atom is 0.284 e. The second kappa shape index (κ2) is 7.54. The van der Waals surface area contributed by atoms with E-state index in [9.17, 15) is 14.9 Å². The molecule has 1 aliphatic carbocycles. The highest BCUT2D eigenvalue weighted by Gasteiger charge is 2.19. The van der Waals surface area contributed by atoms with Crippen LogP contribution < -0.4 is 5.32 Å². The molecule has 1 N–H and O–H groups in total. The van der Waals surface area contributed by atoms with Gasteiger partial charge in [0.05, 0.1) is 10.5 Å². The number of benzene rings is 1. The summed E-state index contributed by atoms with van der Waals surface area (Å²) in [6, 6.07) is 4.49. The predicted molar refractivity (Wildman–Crippen MR) is 84.3 cm³/mol. The number of nitro benzene ring substituents is 1. The Balaban J connectivity index is 1.85. The van der Waals surface area contributed by atoms with Gasteiger partial charge in [0.15, 0.2) is 0 Å². The lowest BCUT2D eigenvalue weighted by Gasteiger charge is -2.10. The first kappa shape index (κ1) is 15.9. The largest absolute Gasteiger partial charge is 0.352 e. The minimum atomic E-state index is -0.499. The van der Waals surface area contributed by atoms with Crippen LogP contribution in [0.15, 0.2) is 22.7 Å². The van der Waals surface area contributed by atoms with Gasteiger partial charge in [0.1, 0.15) is 4.47 Å². The van der Waals surface area contributed by atoms with E-state index in [1.165, 1.54) is 37.8 Å². The fraction of sp³-hybridized carbons (Fsp3) is 0.533. The molecule has 0 bridgehead atoms. The molecular formula is C15H19BrN2O3. The molecule has 6 heteroatoms. The van der Waals surface area contributed by atoms with Gasteiger partial charge >= 0.3 is 0 Å². The molecule has 1 amide bonds. The number of halogens is 1. The van der Waals surface area contributed by atoms with E-state index in [4.69, 9.17) is 0 Å². The molecule has 114 valence electrons. The molecule has 1 aromatic rings. The van der Waals surface area contributed by atoms with Crippen LogP contribution in [0.3, 0.4) is 0 Å². The van der Waals surface area contributed by atoms with Crippen LogP contribution in [0, 0.1) is 16.0 Å². The van der Waals surface area contributed by atoms with Crippen LogP contribution >= 0.6 is 15.9 Å². The number of amides is 1. The van der Waals surface area contributed by atoms with Crippen molar-refractivity contribution < 1.29 is 9.72 Å². The highest BCUT2D eigenvalue weighted by atomic mass is 79.9. The van der Waals surface area contributed by atoms with Gasteiger partial charge in [-0.15, -0.1) is 0 Å². The molecule has 1 fully saturated rings. The first-order valence-corrected chi connectivity index (χ1v) is 8.10. The minimum absolute atomic E-state index is 0.0893. The van der Waals surface area contributed by atoms with Crippen molar-refractivity contribution in [2.75, 3.05) is 6.54 Å². The zero-order chi connectivity index (χ0) is 15.2. The van der Waals surface area contributed by atoms with Crippen molar-refractivity contribution in [1.29, 1.82) is 0 Å². The van der Waals surface area contributed by atoms with Crippen LogP contribution in [-0.4, -0.2) is 17.4 Å². The molecule has 2 rings (SSSR count). The highest BCUT2D eigenvalue weighted by Crippen LogP contribution is 2.29. The number of nitrogens with zero attached hydrogens (tertiary/aromatic N) is 1. The van der Waals surface area contributed by atoms with Crippen LogP contribution in [-0.2, 0) is 0 Å². The van der Waals surface area contributed by atoms with Gasteiger partial charge in [-0.05, 0) is 40.8 Å². The number of carbonyl (C=O) groups is 1. The molecular weight excluding hydrogens is 336 g/mol. The van der Waals surface area contributed by atoms with Gasteiger partial charge in [0.25, 0.3) is 11.6 Å². The van der Waals surface area contributed by atoms with E-state index in [0.717, 1.165) is 18.8 Å². The molecule has 0 radical (unpaired) electrons. The van der Waals surface area contributed by atoms with Gasteiger partial charge in [-0.3, -0.25) is 14.9 Å². The zero-order valence-corrected chi connectivity index (χ0v) is 13.4. The standard InChI is InChI=1S/C15H19BrN2O3/c16-14-12(8-3-9-13(14)18(20)21)15(19)17-10-4-7-11-5-1-2-6-11/h3,8-9,11H,1-2,4-7,10H2,(H,17,19). The van der Waals surface area contributed by atoms with Crippen LogP contribution in [0.1, 0.15) is 48.9 Å². The number of carbonyl (C=O) groups excluding carboxylic acids is 1. The number of nitro groups is 1. The lowest BCUT2D eigenvalue weighted by atomic mass is 10.0. The van der Waals surface area contributed by atoms with E-state index in [-0.39, 0.29) is 16.1 Å². The Morgan fingerprint density at radius 1 is 1.38 bits per heavy atom. The van der Waals surface area contributed by atoms with Crippen LogP contribution in [0.5, 0.6) is 0 Å². The van der Waals surface area contributed by atoms with Crippen molar-refractivity contribution in [3.63, 3.8) is 0 Å². The number of nitrogens with one attached hydrogen (secondary N) is 1. The summed E-state index contributed by atoms with van der Waals surface area (Å²) in [4.78, 5) is 22.4. The predicted octanol–water partition coefficient (Wildman–Crippen LogP) is 4.06. The topological polar surface area (TPSA) is 72.2 Å². The minimum Gasteiger partial charge on any atom is -0.352 e. The molecule has 0 saturated heterocycles. The average Bonchev–Trinajstić information content (AvgIpc) is 2.96. The molecule has 1 aliphatic rings. The van der Waals surface area contributed by atoms with Crippen LogP contribution in [0.25, 0.3) is 0 Å². The fourth-order valence-electron chi connectivity index (χ4n) is 2.82. The molecule has 21 heavy (non-hydrogen) atoms. The normalized spacial score (nSPS) is 15.1. The second-order valence-corrected chi connectivity index (χ2v) is 6.24. The summed E-state index contributed by atoms with van der Waals surface area (Å²) >= 11 is 3.14.